The quantitative estimate of drug-likeness (QED) is 0.825. The summed E-state index contributed by atoms with van der Waals surface area (Å²) in [6.07, 6.45) is 3.69. The van der Waals surface area contributed by atoms with Gasteiger partial charge in [0.05, 0.1) is 16.3 Å². The third-order valence-corrected chi connectivity index (χ3v) is 4.94. The van der Waals surface area contributed by atoms with E-state index in [1.165, 1.54) is 12.1 Å². The Balaban J connectivity index is 1.86. The Morgan fingerprint density at radius 2 is 1.83 bits per heavy atom. The lowest BCUT2D eigenvalue weighted by molar-refractivity contribution is 0.483. The molecule has 0 saturated heterocycles. The first-order chi connectivity index (χ1) is 11.3. The number of nitrogens with zero attached hydrogens (tertiary/aromatic N) is 1. The molecule has 0 fully saturated rings. The van der Waals surface area contributed by atoms with Crippen LogP contribution in [0.25, 0.3) is 0 Å². The van der Waals surface area contributed by atoms with Crippen molar-refractivity contribution >= 4 is 27.2 Å². The number of nitrogens with one attached hydrogen (secondary N) is 1. The lowest BCUT2D eigenvalue weighted by Crippen LogP contribution is -2.24. The molecule has 3 rings (SSSR count). The first-order valence-electron chi connectivity index (χ1n) is 7.48. The van der Waals surface area contributed by atoms with Crippen molar-refractivity contribution in [3.63, 3.8) is 0 Å². The Morgan fingerprint density at radius 3 is 2.50 bits per heavy atom. The van der Waals surface area contributed by atoms with Crippen molar-refractivity contribution in [2.75, 3.05) is 5.32 Å². The van der Waals surface area contributed by atoms with Crippen LogP contribution in [-0.4, -0.2) is 18.7 Å². The molecule has 1 heterocycles. The lowest BCUT2D eigenvalue weighted by Gasteiger charge is -2.20. The van der Waals surface area contributed by atoms with E-state index in [2.05, 4.69) is 10.3 Å². The molecule has 0 aromatic heterocycles. The normalized spacial score (nSPS) is 16.0. The molecule has 0 aliphatic carbocycles. The van der Waals surface area contributed by atoms with Crippen LogP contribution < -0.4 is 5.32 Å². The van der Waals surface area contributed by atoms with Gasteiger partial charge < -0.3 is 5.32 Å². The number of aliphatic imine (C=N–C) groups is 1. The average molecular weight is 342 g/mol. The minimum absolute atomic E-state index is 0.114. The van der Waals surface area contributed by atoms with Crippen molar-refractivity contribution < 1.29 is 13.0 Å². The van der Waals surface area contributed by atoms with E-state index < -0.39 is 15.5 Å². The number of allylic oxidation sites excluding steroid dienone is 1. The van der Waals surface area contributed by atoms with Crippen LogP contribution in [0.5, 0.6) is 0 Å². The fourth-order valence-corrected chi connectivity index (χ4v) is 3.18. The predicted octanol–water partition coefficient (Wildman–Crippen LogP) is 3.92. The van der Waals surface area contributed by atoms with Crippen molar-refractivity contribution in [3.05, 3.63) is 66.4 Å². The molecule has 1 aliphatic rings. The van der Waals surface area contributed by atoms with Crippen LogP contribution in [0.1, 0.15) is 19.4 Å². The van der Waals surface area contributed by atoms with Gasteiger partial charge in [0, 0.05) is 17.3 Å². The molecule has 0 amide bonds. The molecule has 124 valence electrons. The zero-order valence-electron chi connectivity index (χ0n) is 13.4. The van der Waals surface area contributed by atoms with Gasteiger partial charge in [-0.15, -0.1) is 0 Å². The van der Waals surface area contributed by atoms with Gasteiger partial charge in [-0.3, -0.25) is 9.55 Å². The van der Waals surface area contributed by atoms with E-state index in [-0.39, 0.29) is 4.90 Å². The Hall–Kier alpha value is -2.44. The van der Waals surface area contributed by atoms with E-state index in [1.807, 2.05) is 56.5 Å². The topological polar surface area (TPSA) is 78.8 Å². The number of hydrogen-bond acceptors (Lipinski definition) is 4. The maximum atomic E-state index is 11.3. The summed E-state index contributed by atoms with van der Waals surface area (Å²) in [5, 5.41) is 3.17. The number of fused-ring (bicyclic) bond motifs is 1. The van der Waals surface area contributed by atoms with Crippen molar-refractivity contribution in [3.8, 4) is 0 Å². The second kappa shape index (κ2) is 5.89. The van der Waals surface area contributed by atoms with Crippen molar-refractivity contribution in [2.45, 2.75) is 24.2 Å². The van der Waals surface area contributed by atoms with Crippen molar-refractivity contribution in [2.24, 2.45) is 4.99 Å². The maximum Gasteiger partial charge on any atom is 0.294 e. The molecule has 2 aromatic carbocycles. The van der Waals surface area contributed by atoms with Crippen molar-refractivity contribution in [1.82, 2.24) is 0 Å². The zero-order chi connectivity index (χ0) is 17.4. The lowest BCUT2D eigenvalue weighted by atomic mass is 9.81. The molecule has 6 heteroatoms. The Morgan fingerprint density at radius 1 is 1.12 bits per heavy atom. The second-order valence-corrected chi connectivity index (χ2v) is 7.54. The highest BCUT2D eigenvalue weighted by atomic mass is 32.2. The molecule has 0 radical (unpaired) electrons. The summed E-state index contributed by atoms with van der Waals surface area (Å²) in [4.78, 5) is 4.46. The van der Waals surface area contributed by atoms with E-state index in [1.54, 1.807) is 6.07 Å². The highest BCUT2D eigenvalue weighted by Gasteiger charge is 2.34. The summed E-state index contributed by atoms with van der Waals surface area (Å²) in [5.41, 5.74) is 2.82. The monoisotopic (exact) mass is 342 g/mol. The highest BCUT2D eigenvalue weighted by molar-refractivity contribution is 7.85. The van der Waals surface area contributed by atoms with E-state index in [9.17, 15) is 13.0 Å². The van der Waals surface area contributed by atoms with Gasteiger partial charge in [0.15, 0.2) is 0 Å². The number of rotatable bonds is 4. The fourth-order valence-electron chi connectivity index (χ4n) is 2.68. The first kappa shape index (κ1) is 16.4. The summed E-state index contributed by atoms with van der Waals surface area (Å²) in [6, 6.07) is 14.2. The van der Waals surface area contributed by atoms with Crippen LogP contribution in [0.4, 0.5) is 11.4 Å². The molecule has 5 nitrogen and oxygen atoms in total. The number of hydrogen-bond donors (Lipinski definition) is 2. The zero-order valence-corrected chi connectivity index (χ0v) is 14.2. The van der Waals surface area contributed by atoms with E-state index in [0.29, 0.717) is 5.69 Å². The number of anilines is 1. The minimum atomic E-state index is -4.23. The van der Waals surface area contributed by atoms with Gasteiger partial charge in [0.2, 0.25) is 0 Å². The summed E-state index contributed by atoms with van der Waals surface area (Å²) in [6.45, 7) is 3.94. The van der Waals surface area contributed by atoms with E-state index >= 15 is 0 Å². The van der Waals surface area contributed by atoms with Crippen LogP contribution in [0.2, 0.25) is 0 Å². The molecule has 0 bridgehead atoms. The van der Waals surface area contributed by atoms with Gasteiger partial charge in [0.25, 0.3) is 10.1 Å². The Bertz CT molecular complexity index is 930. The van der Waals surface area contributed by atoms with Gasteiger partial charge >= 0.3 is 0 Å². The Labute approximate surface area is 141 Å². The molecule has 24 heavy (non-hydrogen) atoms. The van der Waals surface area contributed by atoms with Gasteiger partial charge in [0.1, 0.15) is 0 Å². The van der Waals surface area contributed by atoms with Gasteiger partial charge in [-0.2, -0.15) is 8.42 Å². The Kier molecular flexibility index (Phi) is 4.03. The SMILES string of the molecule is CC1(C)C(/C=C/Nc2ccccc2)=Nc2ccc(S(=O)(=O)O)cc21. The van der Waals surface area contributed by atoms with Gasteiger partial charge in [-0.1, -0.05) is 32.0 Å². The molecular formula is C18H18N2O3S. The van der Waals surface area contributed by atoms with E-state index in [4.69, 9.17) is 0 Å². The summed E-state index contributed by atoms with van der Waals surface area (Å²) in [7, 11) is -4.23. The molecule has 0 spiro atoms. The number of para-hydroxylation sites is 1. The van der Waals surface area contributed by atoms with Crippen LogP contribution >= 0.6 is 0 Å². The standard InChI is InChI=1S/C18H18N2O3S/c1-18(2)15-12-14(24(21,22)23)8-9-16(15)20-17(18)10-11-19-13-6-4-3-5-7-13/h3-12,19H,1-2H3,(H,21,22,23)/b11-10+. The summed E-state index contributed by atoms with van der Waals surface area (Å²) < 4.78 is 31.9. The third-order valence-electron chi connectivity index (χ3n) is 4.09. The molecule has 2 N–H and O–H groups in total. The average Bonchev–Trinajstić information content (AvgIpc) is 2.78. The van der Waals surface area contributed by atoms with Crippen LogP contribution in [0.15, 0.2) is 70.7 Å². The molecular weight excluding hydrogens is 324 g/mol. The number of benzene rings is 2. The van der Waals surface area contributed by atoms with Gasteiger partial charge in [-0.05, 0) is 42.0 Å². The smallest absolute Gasteiger partial charge is 0.294 e. The first-order valence-corrected chi connectivity index (χ1v) is 8.92. The maximum absolute atomic E-state index is 11.3. The van der Waals surface area contributed by atoms with E-state index in [0.717, 1.165) is 17.0 Å². The molecule has 0 atom stereocenters. The van der Waals surface area contributed by atoms with Crippen LogP contribution in [0.3, 0.4) is 0 Å². The van der Waals surface area contributed by atoms with Gasteiger partial charge in [-0.25, -0.2) is 0 Å². The summed E-state index contributed by atoms with van der Waals surface area (Å²) >= 11 is 0. The predicted molar refractivity (Wildman–Crippen MR) is 95.6 cm³/mol. The minimum Gasteiger partial charge on any atom is -0.362 e. The third kappa shape index (κ3) is 3.11. The molecule has 0 saturated carbocycles. The molecule has 2 aromatic rings. The highest BCUT2D eigenvalue weighted by Crippen LogP contribution is 2.41. The summed E-state index contributed by atoms with van der Waals surface area (Å²) in [5.74, 6) is 0. The molecule has 1 aliphatic heterocycles. The molecule has 0 unspecified atom stereocenters. The second-order valence-electron chi connectivity index (χ2n) is 6.12. The van der Waals surface area contributed by atoms with Crippen molar-refractivity contribution in [1.29, 1.82) is 0 Å². The van der Waals surface area contributed by atoms with Crippen LogP contribution in [0, 0.1) is 0 Å². The largest absolute Gasteiger partial charge is 0.362 e. The fraction of sp³-hybridized carbons (Fsp3) is 0.167. The van der Waals surface area contributed by atoms with Crippen LogP contribution in [-0.2, 0) is 15.5 Å².